The van der Waals surface area contributed by atoms with Gasteiger partial charge in [0.2, 0.25) is 0 Å². The maximum atomic E-state index is 13.1. The van der Waals surface area contributed by atoms with Crippen LogP contribution in [0.25, 0.3) is 6.08 Å². The average Bonchev–Trinajstić information content (AvgIpc) is 2.67. The highest BCUT2D eigenvalue weighted by molar-refractivity contribution is 6.40. The lowest BCUT2D eigenvalue weighted by Gasteiger charge is -2.27. The van der Waals surface area contributed by atoms with Crippen LogP contribution >= 0.6 is 23.2 Å². The number of nitrogens with one attached hydrogen (secondary N) is 1. The summed E-state index contributed by atoms with van der Waals surface area (Å²) in [6.45, 7) is 3.69. The number of carbonyl (C=O) groups excluding carboxylic acids is 3. The van der Waals surface area contributed by atoms with Gasteiger partial charge in [-0.05, 0) is 55.3 Å². The van der Waals surface area contributed by atoms with Crippen LogP contribution in [0, 0.1) is 26.2 Å². The molecule has 4 amide bonds. The lowest BCUT2D eigenvalue weighted by atomic mass is 10.0. The minimum absolute atomic E-state index is 0.0784. The van der Waals surface area contributed by atoms with Gasteiger partial charge in [0.15, 0.2) is 0 Å². The number of amides is 4. The van der Waals surface area contributed by atoms with Crippen molar-refractivity contribution < 1.29 is 19.1 Å². The molecule has 0 aliphatic carbocycles. The highest BCUT2D eigenvalue weighted by atomic mass is 35.5. The zero-order valence-corrected chi connectivity index (χ0v) is 17.6. The molecule has 1 saturated heterocycles. The van der Waals surface area contributed by atoms with Crippen molar-refractivity contribution in [1.29, 1.82) is 0 Å². The largest absolute Gasteiger partial charge is 0.479 e. The number of terminal acetylenes is 1. The molecule has 2 aromatic rings. The van der Waals surface area contributed by atoms with Crippen LogP contribution in [0.15, 0.2) is 35.9 Å². The maximum absolute atomic E-state index is 13.1. The van der Waals surface area contributed by atoms with Crippen molar-refractivity contribution in [2.45, 2.75) is 13.8 Å². The van der Waals surface area contributed by atoms with E-state index >= 15 is 0 Å². The van der Waals surface area contributed by atoms with E-state index in [9.17, 15) is 14.4 Å². The summed E-state index contributed by atoms with van der Waals surface area (Å²) in [7, 11) is 0. The molecule has 6 nitrogen and oxygen atoms in total. The molecule has 0 radical (unpaired) electrons. The van der Waals surface area contributed by atoms with Crippen molar-refractivity contribution in [3.8, 4) is 18.1 Å². The van der Waals surface area contributed by atoms with Crippen LogP contribution in [-0.2, 0) is 9.59 Å². The molecule has 152 valence electrons. The number of ether oxygens (including phenoxy) is 1. The fourth-order valence-electron chi connectivity index (χ4n) is 2.87. The van der Waals surface area contributed by atoms with Gasteiger partial charge in [-0.25, -0.2) is 9.69 Å². The van der Waals surface area contributed by atoms with E-state index < -0.39 is 17.8 Å². The first-order valence-corrected chi connectivity index (χ1v) is 9.52. The summed E-state index contributed by atoms with van der Waals surface area (Å²) in [5.74, 6) is 0.856. The molecule has 0 atom stereocenters. The molecule has 1 aliphatic heterocycles. The van der Waals surface area contributed by atoms with Gasteiger partial charge in [-0.15, -0.1) is 6.42 Å². The fraction of sp³-hybridized carbons (Fsp3) is 0.136. The lowest BCUT2D eigenvalue weighted by molar-refractivity contribution is -0.122. The van der Waals surface area contributed by atoms with Crippen molar-refractivity contribution in [3.05, 3.63) is 62.6 Å². The van der Waals surface area contributed by atoms with Crippen molar-refractivity contribution in [3.63, 3.8) is 0 Å². The molecule has 1 N–H and O–H groups in total. The Hall–Kier alpha value is -3.27. The third-order valence-electron chi connectivity index (χ3n) is 4.49. The number of barbiturate groups is 1. The van der Waals surface area contributed by atoms with E-state index in [1.807, 2.05) is 13.8 Å². The highest BCUT2D eigenvalue weighted by Gasteiger charge is 2.37. The van der Waals surface area contributed by atoms with E-state index in [0.29, 0.717) is 5.69 Å². The quantitative estimate of drug-likeness (QED) is 0.435. The second kappa shape index (κ2) is 8.62. The van der Waals surface area contributed by atoms with Gasteiger partial charge in [0.1, 0.15) is 17.9 Å². The minimum atomic E-state index is -0.843. The molecule has 2 aromatic carbocycles. The van der Waals surface area contributed by atoms with E-state index in [2.05, 4.69) is 11.2 Å². The van der Waals surface area contributed by atoms with Gasteiger partial charge in [0.05, 0.1) is 10.7 Å². The van der Waals surface area contributed by atoms with E-state index in [1.54, 1.807) is 18.2 Å². The lowest BCUT2D eigenvalue weighted by Crippen LogP contribution is -2.54. The molecular formula is C22H16Cl2N2O4. The standard InChI is InChI=1S/C22H16Cl2N2O4/c1-4-7-30-19-14(9-15(23)11-18(19)24)10-17-20(27)25-22(29)26(21(17)28)16-6-5-12(2)13(3)8-16/h1,5-6,8-11H,7H2,2-3H3,(H,25,27,29)/b17-10+. The number of nitrogens with zero attached hydrogens (tertiary/aromatic N) is 1. The van der Waals surface area contributed by atoms with Gasteiger partial charge in [0.25, 0.3) is 11.8 Å². The second-order valence-electron chi connectivity index (χ2n) is 6.53. The molecule has 30 heavy (non-hydrogen) atoms. The molecule has 1 heterocycles. The van der Waals surface area contributed by atoms with Crippen LogP contribution in [0.1, 0.15) is 16.7 Å². The average molecular weight is 443 g/mol. The third-order valence-corrected chi connectivity index (χ3v) is 4.99. The number of hydrogen-bond donors (Lipinski definition) is 1. The summed E-state index contributed by atoms with van der Waals surface area (Å²) < 4.78 is 5.45. The predicted molar refractivity (Wildman–Crippen MR) is 116 cm³/mol. The van der Waals surface area contributed by atoms with E-state index in [4.69, 9.17) is 34.4 Å². The van der Waals surface area contributed by atoms with Crippen molar-refractivity contribution in [2.75, 3.05) is 11.5 Å². The van der Waals surface area contributed by atoms with Gasteiger partial charge >= 0.3 is 6.03 Å². The summed E-state index contributed by atoms with van der Waals surface area (Å²) in [5, 5.41) is 2.61. The predicted octanol–water partition coefficient (Wildman–Crippen LogP) is 4.29. The molecule has 0 bridgehead atoms. The monoisotopic (exact) mass is 442 g/mol. The van der Waals surface area contributed by atoms with Crippen LogP contribution in [0.4, 0.5) is 10.5 Å². The maximum Gasteiger partial charge on any atom is 0.335 e. The molecular weight excluding hydrogens is 427 g/mol. The topological polar surface area (TPSA) is 75.7 Å². The number of hydrogen-bond acceptors (Lipinski definition) is 4. The number of urea groups is 1. The smallest absolute Gasteiger partial charge is 0.335 e. The van der Waals surface area contributed by atoms with Crippen molar-refractivity contribution in [2.24, 2.45) is 0 Å². The van der Waals surface area contributed by atoms with Crippen LogP contribution in [-0.4, -0.2) is 24.5 Å². The Bertz CT molecular complexity index is 1150. The fourth-order valence-corrected chi connectivity index (χ4v) is 3.43. The van der Waals surface area contributed by atoms with Crippen LogP contribution in [0.3, 0.4) is 0 Å². The zero-order chi connectivity index (χ0) is 22.0. The number of benzene rings is 2. The first kappa shape index (κ1) is 21.4. The second-order valence-corrected chi connectivity index (χ2v) is 7.37. The Morgan fingerprint density at radius 1 is 1.13 bits per heavy atom. The Balaban J connectivity index is 2.09. The number of imide groups is 2. The molecule has 0 unspecified atom stereocenters. The summed E-state index contributed by atoms with van der Waals surface area (Å²) >= 11 is 12.3. The summed E-state index contributed by atoms with van der Waals surface area (Å²) in [6, 6.07) is 7.20. The first-order valence-electron chi connectivity index (χ1n) is 8.77. The van der Waals surface area contributed by atoms with Crippen molar-refractivity contribution >= 4 is 52.8 Å². The van der Waals surface area contributed by atoms with Crippen LogP contribution in [0.5, 0.6) is 5.75 Å². The van der Waals surface area contributed by atoms with Gasteiger partial charge < -0.3 is 4.74 Å². The SMILES string of the molecule is C#CCOc1c(Cl)cc(Cl)cc1/C=C1\C(=O)NC(=O)N(c2ccc(C)c(C)c2)C1=O. The van der Waals surface area contributed by atoms with E-state index in [-0.39, 0.29) is 33.5 Å². The Morgan fingerprint density at radius 2 is 1.87 bits per heavy atom. The molecule has 0 saturated carbocycles. The molecule has 1 fully saturated rings. The molecule has 8 heteroatoms. The van der Waals surface area contributed by atoms with Crippen LogP contribution in [0.2, 0.25) is 10.0 Å². The van der Waals surface area contributed by atoms with Gasteiger partial charge in [-0.2, -0.15) is 0 Å². The van der Waals surface area contributed by atoms with Gasteiger partial charge in [-0.3, -0.25) is 14.9 Å². The number of carbonyl (C=O) groups is 3. The highest BCUT2D eigenvalue weighted by Crippen LogP contribution is 2.34. The van der Waals surface area contributed by atoms with Gasteiger partial charge in [0, 0.05) is 10.6 Å². The van der Waals surface area contributed by atoms with Crippen molar-refractivity contribution in [1.82, 2.24) is 5.32 Å². The molecule has 0 spiro atoms. The Morgan fingerprint density at radius 3 is 2.53 bits per heavy atom. The zero-order valence-electron chi connectivity index (χ0n) is 16.1. The molecule has 0 aromatic heterocycles. The van der Waals surface area contributed by atoms with E-state index in [1.165, 1.54) is 18.2 Å². The number of anilines is 1. The number of rotatable bonds is 4. The minimum Gasteiger partial charge on any atom is -0.479 e. The Kier molecular flexibility index (Phi) is 6.16. The summed E-state index contributed by atoms with van der Waals surface area (Å²) in [5.41, 5.74) is 2.22. The number of halogens is 2. The Labute approximate surface area is 183 Å². The third kappa shape index (κ3) is 4.18. The molecule has 1 aliphatic rings. The summed E-state index contributed by atoms with van der Waals surface area (Å²) in [4.78, 5) is 38.8. The molecule has 3 rings (SSSR count). The van der Waals surface area contributed by atoms with Gasteiger partial charge in [-0.1, -0.05) is 35.2 Å². The first-order chi connectivity index (χ1) is 14.2. The van der Waals surface area contributed by atoms with Crippen LogP contribution < -0.4 is 15.0 Å². The van der Waals surface area contributed by atoms with E-state index in [0.717, 1.165) is 16.0 Å². The normalized spacial score (nSPS) is 15.2. The summed E-state index contributed by atoms with van der Waals surface area (Å²) in [6.07, 6.45) is 6.50. The number of aryl methyl sites for hydroxylation is 2.